The van der Waals surface area contributed by atoms with Gasteiger partial charge in [0.05, 0.1) is 18.2 Å². The Bertz CT molecular complexity index is 1200. The number of carboxylic acids is 1. The Labute approximate surface area is 203 Å². The van der Waals surface area contributed by atoms with Crippen LogP contribution in [0.4, 0.5) is 13.2 Å². The maximum absolute atomic E-state index is 14.4. The maximum atomic E-state index is 14.4. The highest BCUT2D eigenvalue weighted by Crippen LogP contribution is 2.40. The molecule has 8 nitrogen and oxygen atoms in total. The fraction of sp³-hybridized carbons (Fsp3) is 0.391. The number of thiazole rings is 1. The third-order valence-electron chi connectivity index (χ3n) is 6.10. The summed E-state index contributed by atoms with van der Waals surface area (Å²) < 4.78 is 42.4. The maximum Gasteiger partial charge on any atom is 0.336 e. The molecule has 0 aliphatic carbocycles. The zero-order valence-electron chi connectivity index (χ0n) is 19.3. The van der Waals surface area contributed by atoms with Crippen molar-refractivity contribution in [2.24, 2.45) is 4.99 Å². The number of alkyl halides is 2. The highest BCUT2D eigenvalue weighted by atomic mass is 32.1. The largest absolute Gasteiger partial charge is 0.478 e. The number of aliphatic carboxylic acids is 1. The lowest BCUT2D eigenvalue weighted by atomic mass is 9.82. The third kappa shape index (κ3) is 4.80. The lowest BCUT2D eigenvalue weighted by molar-refractivity contribution is -0.133. The van der Waals surface area contributed by atoms with E-state index in [2.05, 4.69) is 15.3 Å². The fourth-order valence-electron chi connectivity index (χ4n) is 4.48. The Morgan fingerprint density at radius 1 is 1.29 bits per heavy atom. The summed E-state index contributed by atoms with van der Waals surface area (Å²) >= 11 is 1.26. The molecule has 4 rings (SSSR count). The standard InChI is InChI=1S/C23H24F3N5O3S/c1-22(13-4-6-14(24)7-5-13)17(21(33)34)15(28-18(29-22)19-27-8-9-35-19)11-31-12-23(25,26)10-16(31)20(32)30(2)3/h4-9,16H,10-12H2,1-3H3,(H,28,29)(H,33,34)/t16-,22-/m0/s1. The van der Waals surface area contributed by atoms with Gasteiger partial charge in [0.15, 0.2) is 10.8 Å². The van der Waals surface area contributed by atoms with Gasteiger partial charge >= 0.3 is 5.97 Å². The van der Waals surface area contributed by atoms with Crippen molar-refractivity contribution in [1.82, 2.24) is 20.1 Å². The van der Waals surface area contributed by atoms with Gasteiger partial charge < -0.3 is 15.3 Å². The fourth-order valence-corrected chi connectivity index (χ4v) is 5.06. The van der Waals surface area contributed by atoms with Crippen molar-refractivity contribution in [3.05, 3.63) is 63.5 Å². The summed E-state index contributed by atoms with van der Waals surface area (Å²) in [5, 5.41) is 15.4. The van der Waals surface area contributed by atoms with Crippen LogP contribution in [0.3, 0.4) is 0 Å². The van der Waals surface area contributed by atoms with Crippen LogP contribution in [0.1, 0.15) is 23.9 Å². The molecule has 1 aromatic heterocycles. The van der Waals surface area contributed by atoms with E-state index in [1.165, 1.54) is 59.5 Å². The molecule has 2 aliphatic heterocycles. The van der Waals surface area contributed by atoms with Crippen LogP contribution >= 0.6 is 11.3 Å². The Kier molecular flexibility index (Phi) is 6.45. The first-order chi connectivity index (χ1) is 16.4. The number of carbonyl (C=O) groups excluding carboxylic acids is 1. The van der Waals surface area contributed by atoms with Crippen molar-refractivity contribution in [1.29, 1.82) is 0 Å². The van der Waals surface area contributed by atoms with E-state index in [-0.39, 0.29) is 23.7 Å². The summed E-state index contributed by atoms with van der Waals surface area (Å²) in [7, 11) is 2.97. The number of hydrogen-bond donors (Lipinski definition) is 2. The number of nitrogens with one attached hydrogen (secondary N) is 1. The molecule has 2 aliphatic rings. The number of likely N-dealkylation sites (tertiary alicyclic amines) is 1. The first-order valence-electron chi connectivity index (χ1n) is 10.7. The lowest BCUT2D eigenvalue weighted by Gasteiger charge is -2.36. The minimum absolute atomic E-state index is 0.110. The van der Waals surface area contributed by atoms with Crippen LogP contribution < -0.4 is 5.32 Å². The van der Waals surface area contributed by atoms with Gasteiger partial charge in [0.1, 0.15) is 11.4 Å². The highest BCUT2D eigenvalue weighted by Gasteiger charge is 2.50. The van der Waals surface area contributed by atoms with Crippen LogP contribution in [-0.2, 0) is 15.1 Å². The molecule has 35 heavy (non-hydrogen) atoms. The molecule has 2 atom stereocenters. The molecule has 2 N–H and O–H groups in total. The summed E-state index contributed by atoms with van der Waals surface area (Å²) in [6.07, 6.45) is 0.894. The van der Waals surface area contributed by atoms with E-state index < -0.39 is 48.2 Å². The zero-order chi connectivity index (χ0) is 25.5. The number of amidine groups is 1. The van der Waals surface area contributed by atoms with Gasteiger partial charge in [0.25, 0.3) is 5.92 Å². The number of carboxylic acid groups (broad SMARTS) is 1. The molecule has 0 saturated carbocycles. The van der Waals surface area contributed by atoms with E-state index >= 15 is 0 Å². The summed E-state index contributed by atoms with van der Waals surface area (Å²) in [6.45, 7) is 0.605. The van der Waals surface area contributed by atoms with Crippen LogP contribution in [0.25, 0.3) is 0 Å². The summed E-state index contributed by atoms with van der Waals surface area (Å²) in [5.74, 6) is -5.16. The molecule has 1 aromatic carbocycles. The number of hydrogen-bond acceptors (Lipinski definition) is 7. The van der Waals surface area contributed by atoms with E-state index in [1.807, 2.05) is 0 Å². The van der Waals surface area contributed by atoms with Crippen molar-refractivity contribution >= 4 is 29.0 Å². The molecule has 0 radical (unpaired) electrons. The molecule has 0 bridgehead atoms. The second-order valence-corrected chi connectivity index (χ2v) is 9.77. The molecule has 1 saturated heterocycles. The molecule has 3 heterocycles. The molecule has 12 heteroatoms. The monoisotopic (exact) mass is 507 g/mol. The number of aromatic nitrogens is 1. The number of carbonyl (C=O) groups is 2. The first-order valence-corrected chi connectivity index (χ1v) is 11.6. The summed E-state index contributed by atoms with van der Waals surface area (Å²) in [6, 6.07) is 4.16. The second kappa shape index (κ2) is 9.08. The van der Waals surface area contributed by atoms with E-state index in [0.717, 1.165) is 0 Å². The average Bonchev–Trinajstić information content (AvgIpc) is 3.40. The smallest absolute Gasteiger partial charge is 0.336 e. The van der Waals surface area contributed by atoms with Gasteiger partial charge in [-0.2, -0.15) is 0 Å². The number of rotatable bonds is 6. The number of nitrogens with zero attached hydrogens (tertiary/aromatic N) is 4. The van der Waals surface area contributed by atoms with Crippen LogP contribution in [0.2, 0.25) is 0 Å². The Morgan fingerprint density at radius 3 is 2.54 bits per heavy atom. The van der Waals surface area contributed by atoms with Gasteiger partial charge in [-0.3, -0.25) is 9.69 Å². The van der Waals surface area contributed by atoms with Crippen molar-refractivity contribution in [3.8, 4) is 0 Å². The van der Waals surface area contributed by atoms with Crippen molar-refractivity contribution in [2.75, 3.05) is 27.2 Å². The van der Waals surface area contributed by atoms with Gasteiger partial charge in [0, 0.05) is 44.3 Å². The highest BCUT2D eigenvalue weighted by molar-refractivity contribution is 7.11. The molecule has 0 spiro atoms. The average molecular weight is 508 g/mol. The number of aliphatic imine (C=N–C) groups is 1. The molecular weight excluding hydrogens is 483 g/mol. The lowest BCUT2D eigenvalue weighted by Crippen LogP contribution is -2.48. The minimum atomic E-state index is -3.11. The van der Waals surface area contributed by atoms with Gasteiger partial charge in [0.2, 0.25) is 5.91 Å². The van der Waals surface area contributed by atoms with Gasteiger partial charge in [-0.25, -0.2) is 27.9 Å². The summed E-state index contributed by atoms with van der Waals surface area (Å²) in [4.78, 5) is 36.6. The SMILES string of the molecule is CN(C)C(=O)[C@@H]1CC(F)(F)CN1CC1=C(C(=O)O)[C@](C)(c2ccc(F)cc2)N=C(c2nccs2)N1. The minimum Gasteiger partial charge on any atom is -0.478 e. The van der Waals surface area contributed by atoms with Crippen LogP contribution in [-0.4, -0.2) is 76.8 Å². The molecule has 1 amide bonds. The van der Waals surface area contributed by atoms with Gasteiger partial charge in [-0.1, -0.05) is 12.1 Å². The predicted molar refractivity (Wildman–Crippen MR) is 124 cm³/mol. The van der Waals surface area contributed by atoms with Gasteiger partial charge in [-0.15, -0.1) is 11.3 Å². The quantitative estimate of drug-likeness (QED) is 0.624. The molecular formula is C23H24F3N5O3S. The number of amides is 1. The molecule has 1 fully saturated rings. The number of halogens is 3. The second-order valence-electron chi connectivity index (χ2n) is 8.87. The van der Waals surface area contributed by atoms with Crippen LogP contribution in [0.15, 0.2) is 52.1 Å². The molecule has 0 unspecified atom stereocenters. The topological polar surface area (TPSA) is 98.1 Å². The zero-order valence-corrected chi connectivity index (χ0v) is 20.1. The van der Waals surface area contributed by atoms with Gasteiger partial charge in [-0.05, 0) is 24.6 Å². The summed E-state index contributed by atoms with van der Waals surface area (Å²) in [5.41, 5.74) is -1.16. The van der Waals surface area contributed by atoms with Crippen LogP contribution in [0.5, 0.6) is 0 Å². The van der Waals surface area contributed by atoms with Crippen molar-refractivity contribution in [3.63, 3.8) is 0 Å². The van der Waals surface area contributed by atoms with Crippen LogP contribution in [0, 0.1) is 5.82 Å². The normalized spacial score (nSPS) is 24.2. The third-order valence-corrected chi connectivity index (χ3v) is 6.88. The molecule has 186 valence electrons. The van der Waals surface area contributed by atoms with Crippen molar-refractivity contribution in [2.45, 2.75) is 30.8 Å². The number of benzene rings is 1. The van der Waals surface area contributed by atoms with E-state index in [9.17, 15) is 27.9 Å². The molecule has 2 aromatic rings. The number of likely N-dealkylation sites (N-methyl/N-ethyl adjacent to an activating group) is 1. The first kappa shape index (κ1) is 24.9. The Hall–Kier alpha value is -3.25. The van der Waals surface area contributed by atoms with E-state index in [0.29, 0.717) is 10.6 Å². The Morgan fingerprint density at radius 2 is 1.97 bits per heavy atom. The Balaban J connectivity index is 1.83. The van der Waals surface area contributed by atoms with E-state index in [4.69, 9.17) is 0 Å². The van der Waals surface area contributed by atoms with Crippen molar-refractivity contribution < 1.29 is 27.9 Å². The van der Waals surface area contributed by atoms with E-state index in [1.54, 1.807) is 18.5 Å². The predicted octanol–water partition coefficient (Wildman–Crippen LogP) is 2.68.